The van der Waals surface area contributed by atoms with Crippen molar-refractivity contribution >= 4 is 29.3 Å². The van der Waals surface area contributed by atoms with E-state index in [9.17, 15) is 4.79 Å². The number of carbonyl (C=O) groups excluding carboxylic acids is 1. The first kappa shape index (κ1) is 16.4. The van der Waals surface area contributed by atoms with Gasteiger partial charge >= 0.3 is 0 Å². The lowest BCUT2D eigenvalue weighted by molar-refractivity contribution is -0.120. The molecule has 120 valence electrons. The number of carbonyl (C=O) groups is 1. The van der Waals surface area contributed by atoms with E-state index in [0.29, 0.717) is 5.02 Å². The smallest absolute Gasteiger partial charge is 0.233 e. The molecular formula is C19H20ClNOS. The first-order valence-electron chi connectivity index (χ1n) is 7.85. The van der Waals surface area contributed by atoms with Crippen molar-refractivity contribution in [2.45, 2.75) is 35.3 Å². The van der Waals surface area contributed by atoms with Crippen molar-refractivity contribution in [3.8, 4) is 0 Å². The van der Waals surface area contributed by atoms with E-state index in [-0.39, 0.29) is 16.6 Å². The van der Waals surface area contributed by atoms with Crippen LogP contribution in [0, 0.1) is 0 Å². The quantitative estimate of drug-likeness (QED) is 0.771. The number of rotatable bonds is 6. The number of hydrogen-bond donors (Lipinski definition) is 1. The summed E-state index contributed by atoms with van der Waals surface area (Å²) in [5, 5.41) is 3.72. The number of halogens is 1. The second kappa shape index (κ2) is 6.98. The van der Waals surface area contributed by atoms with Crippen LogP contribution in [-0.4, -0.2) is 17.7 Å². The summed E-state index contributed by atoms with van der Waals surface area (Å²) < 4.78 is 0. The van der Waals surface area contributed by atoms with Crippen molar-refractivity contribution in [2.75, 3.05) is 6.54 Å². The zero-order valence-electron chi connectivity index (χ0n) is 13.1. The largest absolute Gasteiger partial charge is 0.354 e. The van der Waals surface area contributed by atoms with Gasteiger partial charge in [-0.3, -0.25) is 4.79 Å². The Hall–Kier alpha value is -1.45. The van der Waals surface area contributed by atoms with Gasteiger partial charge in [-0.15, -0.1) is 11.8 Å². The van der Waals surface area contributed by atoms with E-state index in [2.05, 4.69) is 29.6 Å². The Morgan fingerprint density at radius 3 is 2.43 bits per heavy atom. The molecule has 0 aromatic heterocycles. The molecule has 2 aromatic carbocycles. The van der Waals surface area contributed by atoms with Gasteiger partial charge in [0.25, 0.3) is 0 Å². The van der Waals surface area contributed by atoms with E-state index in [0.717, 1.165) is 24.3 Å². The van der Waals surface area contributed by atoms with Crippen LogP contribution in [0.3, 0.4) is 0 Å². The highest BCUT2D eigenvalue weighted by atomic mass is 35.5. The Bertz CT molecular complexity index is 668. The van der Waals surface area contributed by atoms with Crippen molar-refractivity contribution in [1.29, 1.82) is 0 Å². The lowest BCUT2D eigenvalue weighted by Gasteiger charge is -2.18. The molecule has 1 fully saturated rings. The number of hydrogen-bond acceptors (Lipinski definition) is 2. The van der Waals surface area contributed by atoms with Crippen LogP contribution in [0.4, 0.5) is 0 Å². The van der Waals surface area contributed by atoms with E-state index in [1.165, 1.54) is 5.56 Å². The standard InChI is InChI=1S/C19H20ClNOS/c1-14(23-17-9-7-16(20)8-10-17)18(22)21-13-19(11-12-19)15-5-3-2-4-6-15/h2-10,14H,11-13H2,1H3,(H,21,22)/t14-/m1/s1. The second-order valence-electron chi connectivity index (χ2n) is 6.08. The molecule has 4 heteroatoms. The average Bonchev–Trinajstić information content (AvgIpc) is 3.37. The van der Waals surface area contributed by atoms with Gasteiger partial charge in [-0.2, -0.15) is 0 Å². The lowest BCUT2D eigenvalue weighted by atomic mass is 9.96. The zero-order valence-corrected chi connectivity index (χ0v) is 14.7. The van der Waals surface area contributed by atoms with Crippen molar-refractivity contribution in [2.24, 2.45) is 0 Å². The predicted octanol–water partition coefficient (Wildman–Crippen LogP) is 4.67. The fourth-order valence-electron chi connectivity index (χ4n) is 2.68. The minimum absolute atomic E-state index is 0.0900. The second-order valence-corrected chi connectivity index (χ2v) is 7.93. The van der Waals surface area contributed by atoms with E-state index in [4.69, 9.17) is 11.6 Å². The molecule has 1 aliphatic carbocycles. The molecule has 0 spiro atoms. The Morgan fingerprint density at radius 1 is 1.17 bits per heavy atom. The highest BCUT2D eigenvalue weighted by Gasteiger charge is 2.44. The molecule has 1 saturated carbocycles. The number of nitrogens with one attached hydrogen (secondary N) is 1. The third-order valence-corrected chi connectivity index (χ3v) is 5.70. The van der Waals surface area contributed by atoms with Crippen molar-refractivity contribution in [3.05, 3.63) is 65.2 Å². The van der Waals surface area contributed by atoms with Crippen LogP contribution in [0.15, 0.2) is 59.5 Å². The normalized spacial score (nSPS) is 16.6. The Labute approximate surface area is 146 Å². The summed E-state index contributed by atoms with van der Waals surface area (Å²) in [5.74, 6) is 0.0900. The molecule has 0 unspecified atom stereocenters. The van der Waals surface area contributed by atoms with Gasteiger partial charge in [0.05, 0.1) is 5.25 Å². The number of thioether (sulfide) groups is 1. The van der Waals surface area contributed by atoms with E-state index >= 15 is 0 Å². The van der Waals surface area contributed by atoms with Gasteiger partial charge in [-0.05, 0) is 49.6 Å². The molecule has 0 heterocycles. The Kier molecular flexibility index (Phi) is 4.98. The number of amides is 1. The molecule has 3 rings (SSSR count). The van der Waals surface area contributed by atoms with Crippen LogP contribution in [0.2, 0.25) is 5.02 Å². The van der Waals surface area contributed by atoms with Crippen LogP contribution in [0.25, 0.3) is 0 Å². The molecule has 1 atom stereocenters. The molecule has 1 amide bonds. The van der Waals surface area contributed by atoms with Gasteiger partial charge in [0.15, 0.2) is 0 Å². The van der Waals surface area contributed by atoms with Crippen LogP contribution >= 0.6 is 23.4 Å². The highest BCUT2D eigenvalue weighted by molar-refractivity contribution is 8.00. The third kappa shape index (κ3) is 4.10. The lowest BCUT2D eigenvalue weighted by Crippen LogP contribution is -2.36. The van der Waals surface area contributed by atoms with E-state index in [1.807, 2.05) is 37.3 Å². The summed E-state index contributed by atoms with van der Waals surface area (Å²) in [6.07, 6.45) is 2.30. The van der Waals surface area contributed by atoms with Crippen LogP contribution in [0.5, 0.6) is 0 Å². The topological polar surface area (TPSA) is 29.1 Å². The summed E-state index contributed by atoms with van der Waals surface area (Å²) in [7, 11) is 0. The monoisotopic (exact) mass is 345 g/mol. The maximum atomic E-state index is 12.4. The molecule has 0 saturated heterocycles. The molecule has 0 bridgehead atoms. The van der Waals surface area contributed by atoms with Crippen LogP contribution in [-0.2, 0) is 10.2 Å². The predicted molar refractivity (Wildman–Crippen MR) is 97.1 cm³/mol. The highest BCUT2D eigenvalue weighted by Crippen LogP contribution is 2.47. The van der Waals surface area contributed by atoms with Gasteiger partial charge in [-0.25, -0.2) is 0 Å². The Balaban J connectivity index is 1.54. The first-order valence-corrected chi connectivity index (χ1v) is 9.10. The maximum absolute atomic E-state index is 12.4. The van der Waals surface area contributed by atoms with Crippen LogP contribution < -0.4 is 5.32 Å². The zero-order chi connectivity index (χ0) is 16.3. The molecule has 1 aliphatic rings. The van der Waals surface area contributed by atoms with Crippen molar-refractivity contribution in [1.82, 2.24) is 5.32 Å². The molecule has 0 radical (unpaired) electrons. The fourth-order valence-corrected chi connectivity index (χ4v) is 3.70. The summed E-state index contributed by atoms with van der Waals surface area (Å²) >= 11 is 7.44. The summed E-state index contributed by atoms with van der Waals surface area (Å²) in [5.41, 5.74) is 1.49. The molecule has 2 nitrogen and oxygen atoms in total. The minimum Gasteiger partial charge on any atom is -0.354 e. The first-order chi connectivity index (χ1) is 11.1. The van der Waals surface area contributed by atoms with Gasteiger partial charge in [0.2, 0.25) is 5.91 Å². The number of benzene rings is 2. The molecule has 0 aliphatic heterocycles. The summed E-state index contributed by atoms with van der Waals surface area (Å²) in [6.45, 7) is 2.66. The van der Waals surface area contributed by atoms with Crippen LogP contribution in [0.1, 0.15) is 25.3 Å². The SMILES string of the molecule is C[C@@H](Sc1ccc(Cl)cc1)C(=O)NCC1(c2ccccc2)CC1. The third-order valence-electron chi connectivity index (χ3n) is 4.34. The molecular weight excluding hydrogens is 326 g/mol. The summed E-state index contributed by atoms with van der Waals surface area (Å²) in [4.78, 5) is 13.4. The Morgan fingerprint density at radius 2 is 1.83 bits per heavy atom. The van der Waals surface area contributed by atoms with Gasteiger partial charge in [0.1, 0.15) is 0 Å². The molecule has 1 N–H and O–H groups in total. The fraction of sp³-hybridized carbons (Fsp3) is 0.316. The summed E-state index contributed by atoms with van der Waals surface area (Å²) in [6, 6.07) is 18.1. The van der Waals surface area contributed by atoms with Crippen molar-refractivity contribution < 1.29 is 4.79 Å². The maximum Gasteiger partial charge on any atom is 0.233 e. The van der Waals surface area contributed by atoms with E-state index in [1.54, 1.807) is 11.8 Å². The van der Waals surface area contributed by atoms with Crippen molar-refractivity contribution in [3.63, 3.8) is 0 Å². The molecule has 23 heavy (non-hydrogen) atoms. The average molecular weight is 346 g/mol. The van der Waals surface area contributed by atoms with Gasteiger partial charge in [-0.1, -0.05) is 41.9 Å². The van der Waals surface area contributed by atoms with E-state index < -0.39 is 0 Å². The van der Waals surface area contributed by atoms with Gasteiger partial charge < -0.3 is 5.32 Å². The molecule has 2 aromatic rings. The minimum atomic E-state index is -0.122. The van der Waals surface area contributed by atoms with Gasteiger partial charge in [0, 0.05) is 21.9 Å².